The Balaban J connectivity index is 1.63. The number of carbonyl (C=O) groups excluding carboxylic acids is 1. The Morgan fingerprint density at radius 3 is 2.71 bits per heavy atom. The van der Waals surface area contributed by atoms with E-state index in [1.165, 1.54) is 16.1 Å². The van der Waals surface area contributed by atoms with E-state index in [0.717, 1.165) is 14.9 Å². The van der Waals surface area contributed by atoms with Crippen LogP contribution in [-0.2, 0) is 17.9 Å². The first kappa shape index (κ1) is 17.1. The molecule has 24 heavy (non-hydrogen) atoms. The molecule has 0 atom stereocenters. The lowest BCUT2D eigenvalue weighted by molar-refractivity contribution is -0.131. The van der Waals surface area contributed by atoms with Gasteiger partial charge in [-0.05, 0) is 41.6 Å². The fourth-order valence-electron chi connectivity index (χ4n) is 2.03. The van der Waals surface area contributed by atoms with Crippen molar-refractivity contribution in [2.24, 2.45) is 0 Å². The summed E-state index contributed by atoms with van der Waals surface area (Å²) in [6.45, 7) is 0.545. The van der Waals surface area contributed by atoms with Crippen LogP contribution in [0.25, 0.3) is 11.4 Å². The zero-order valence-corrected chi connectivity index (χ0v) is 15.8. The van der Waals surface area contributed by atoms with Crippen LogP contribution in [0.4, 0.5) is 0 Å². The van der Waals surface area contributed by atoms with Gasteiger partial charge in [-0.2, -0.15) is 4.80 Å². The predicted molar refractivity (Wildman–Crippen MR) is 96.8 cm³/mol. The minimum absolute atomic E-state index is 0.0408. The molecule has 9 heteroatoms. The van der Waals surface area contributed by atoms with E-state index in [9.17, 15) is 4.79 Å². The number of nitrogens with zero attached hydrogens (tertiary/aromatic N) is 5. The van der Waals surface area contributed by atoms with Gasteiger partial charge in [0.15, 0.2) is 0 Å². The Hall–Kier alpha value is -1.77. The summed E-state index contributed by atoms with van der Waals surface area (Å²) in [4.78, 5) is 16.2. The molecule has 1 aromatic carbocycles. The Kier molecular flexibility index (Phi) is 5.27. The number of likely N-dealkylation sites (N-methyl/N-ethyl adjacent to an activating group) is 1. The number of halogens is 2. The molecular weight excluding hydrogens is 414 g/mol. The maximum Gasteiger partial charge on any atom is 0.246 e. The molecular formula is C15H13BrClN5OS. The smallest absolute Gasteiger partial charge is 0.246 e. The van der Waals surface area contributed by atoms with E-state index in [-0.39, 0.29) is 12.5 Å². The molecule has 2 aromatic heterocycles. The number of hydrogen-bond acceptors (Lipinski definition) is 5. The van der Waals surface area contributed by atoms with Crippen LogP contribution in [0.15, 0.2) is 40.9 Å². The third kappa shape index (κ3) is 4.19. The Morgan fingerprint density at radius 2 is 2.04 bits per heavy atom. The number of carbonyl (C=O) groups is 1. The molecule has 0 N–H and O–H groups in total. The van der Waals surface area contributed by atoms with Gasteiger partial charge in [-0.15, -0.1) is 21.5 Å². The minimum atomic E-state index is -0.0979. The van der Waals surface area contributed by atoms with E-state index in [1.54, 1.807) is 11.9 Å². The first-order valence-corrected chi connectivity index (χ1v) is 9.02. The highest BCUT2D eigenvalue weighted by Crippen LogP contribution is 2.22. The molecule has 2 heterocycles. The van der Waals surface area contributed by atoms with E-state index in [1.807, 2.05) is 36.4 Å². The normalized spacial score (nSPS) is 10.8. The van der Waals surface area contributed by atoms with E-state index in [4.69, 9.17) is 11.6 Å². The van der Waals surface area contributed by atoms with Crippen molar-refractivity contribution in [2.75, 3.05) is 7.05 Å². The molecule has 0 bridgehead atoms. The van der Waals surface area contributed by atoms with Crippen molar-refractivity contribution in [1.29, 1.82) is 0 Å². The molecule has 0 aliphatic carbocycles. The molecule has 0 unspecified atom stereocenters. The van der Waals surface area contributed by atoms with Crippen molar-refractivity contribution in [1.82, 2.24) is 25.1 Å². The van der Waals surface area contributed by atoms with Crippen LogP contribution in [0, 0.1) is 0 Å². The highest BCUT2D eigenvalue weighted by molar-refractivity contribution is 9.10. The number of thiophene rings is 1. The fourth-order valence-corrected chi connectivity index (χ4v) is 3.43. The van der Waals surface area contributed by atoms with Crippen molar-refractivity contribution < 1.29 is 4.79 Å². The van der Waals surface area contributed by atoms with Crippen molar-refractivity contribution in [2.45, 2.75) is 13.1 Å². The summed E-state index contributed by atoms with van der Waals surface area (Å²) in [5.41, 5.74) is 0.846. The first-order chi connectivity index (χ1) is 11.5. The lowest BCUT2D eigenvalue weighted by Gasteiger charge is -2.15. The fraction of sp³-hybridized carbons (Fsp3) is 0.200. The van der Waals surface area contributed by atoms with Crippen LogP contribution >= 0.6 is 38.9 Å². The van der Waals surface area contributed by atoms with Gasteiger partial charge < -0.3 is 4.90 Å². The quantitative estimate of drug-likeness (QED) is 0.626. The standard InChI is InChI=1S/C15H13BrClN5OS/c1-21(8-12-6-7-13(17)24-12)14(23)9-22-19-15(18-20-22)10-2-4-11(16)5-3-10/h2-7H,8-9H2,1H3. The van der Waals surface area contributed by atoms with Gasteiger partial charge >= 0.3 is 0 Å². The number of aromatic nitrogens is 4. The molecule has 3 rings (SSSR count). The molecule has 0 saturated carbocycles. The van der Waals surface area contributed by atoms with E-state index in [0.29, 0.717) is 16.7 Å². The molecule has 0 saturated heterocycles. The van der Waals surface area contributed by atoms with Crippen LogP contribution in [0.5, 0.6) is 0 Å². The molecule has 0 fully saturated rings. The summed E-state index contributed by atoms with van der Waals surface area (Å²) < 4.78 is 1.69. The highest BCUT2D eigenvalue weighted by atomic mass is 79.9. The van der Waals surface area contributed by atoms with Crippen LogP contribution in [-0.4, -0.2) is 38.1 Å². The maximum absolute atomic E-state index is 12.3. The van der Waals surface area contributed by atoms with Gasteiger partial charge in [-0.25, -0.2) is 0 Å². The summed E-state index contributed by atoms with van der Waals surface area (Å²) in [5, 5.41) is 12.2. The summed E-state index contributed by atoms with van der Waals surface area (Å²) in [6.07, 6.45) is 0. The van der Waals surface area contributed by atoms with Gasteiger partial charge in [-0.3, -0.25) is 4.79 Å². The average Bonchev–Trinajstić information content (AvgIpc) is 3.17. The van der Waals surface area contributed by atoms with Crippen molar-refractivity contribution in [3.63, 3.8) is 0 Å². The van der Waals surface area contributed by atoms with E-state index < -0.39 is 0 Å². The molecule has 6 nitrogen and oxygen atoms in total. The van der Waals surface area contributed by atoms with Crippen molar-refractivity contribution >= 4 is 44.8 Å². The Morgan fingerprint density at radius 1 is 1.29 bits per heavy atom. The summed E-state index contributed by atoms with van der Waals surface area (Å²) in [5.74, 6) is 0.391. The molecule has 124 valence electrons. The molecule has 0 radical (unpaired) electrons. The van der Waals surface area contributed by atoms with Crippen LogP contribution in [0.2, 0.25) is 4.34 Å². The summed E-state index contributed by atoms with van der Waals surface area (Å²) in [6, 6.07) is 11.3. The van der Waals surface area contributed by atoms with Gasteiger partial charge in [0.1, 0.15) is 6.54 Å². The third-order valence-corrected chi connectivity index (χ3v) is 5.02. The number of tetrazole rings is 1. The van der Waals surface area contributed by atoms with Crippen LogP contribution in [0.3, 0.4) is 0 Å². The second-order valence-corrected chi connectivity index (χ2v) is 7.82. The SMILES string of the molecule is CN(Cc1ccc(Cl)s1)C(=O)Cn1nnc(-c2ccc(Br)cc2)n1. The lowest BCUT2D eigenvalue weighted by atomic mass is 10.2. The van der Waals surface area contributed by atoms with E-state index >= 15 is 0 Å². The topological polar surface area (TPSA) is 63.9 Å². The average molecular weight is 427 g/mol. The molecule has 1 amide bonds. The summed E-state index contributed by atoms with van der Waals surface area (Å²) in [7, 11) is 1.74. The minimum Gasteiger partial charge on any atom is -0.339 e. The Labute approximate surface area is 156 Å². The molecule has 0 aliphatic heterocycles. The second-order valence-electron chi connectivity index (χ2n) is 5.11. The predicted octanol–water partition coefficient (Wildman–Crippen LogP) is 3.48. The van der Waals surface area contributed by atoms with Gasteiger partial charge in [0.25, 0.3) is 0 Å². The molecule has 0 aliphatic rings. The second kappa shape index (κ2) is 7.42. The van der Waals surface area contributed by atoms with Crippen molar-refractivity contribution in [3.8, 4) is 11.4 Å². The van der Waals surface area contributed by atoms with Crippen LogP contribution in [0.1, 0.15) is 4.88 Å². The molecule has 3 aromatic rings. The van der Waals surface area contributed by atoms with E-state index in [2.05, 4.69) is 31.3 Å². The van der Waals surface area contributed by atoms with Gasteiger partial charge in [0, 0.05) is 22.0 Å². The monoisotopic (exact) mass is 425 g/mol. The largest absolute Gasteiger partial charge is 0.339 e. The third-order valence-electron chi connectivity index (χ3n) is 3.28. The van der Waals surface area contributed by atoms with Gasteiger partial charge in [0.05, 0.1) is 10.9 Å². The van der Waals surface area contributed by atoms with Gasteiger partial charge in [-0.1, -0.05) is 27.5 Å². The van der Waals surface area contributed by atoms with Gasteiger partial charge in [0.2, 0.25) is 11.7 Å². The number of hydrogen-bond donors (Lipinski definition) is 0. The molecule has 0 spiro atoms. The number of amides is 1. The highest BCUT2D eigenvalue weighted by Gasteiger charge is 2.14. The maximum atomic E-state index is 12.3. The summed E-state index contributed by atoms with van der Waals surface area (Å²) >= 11 is 10.7. The first-order valence-electron chi connectivity index (χ1n) is 7.03. The number of rotatable bonds is 5. The number of benzene rings is 1. The zero-order valence-electron chi connectivity index (χ0n) is 12.7. The van der Waals surface area contributed by atoms with Crippen molar-refractivity contribution in [3.05, 3.63) is 50.1 Å². The lowest BCUT2D eigenvalue weighted by Crippen LogP contribution is -2.30. The zero-order chi connectivity index (χ0) is 17.1. The van der Waals surface area contributed by atoms with Crippen LogP contribution < -0.4 is 0 Å². The Bertz CT molecular complexity index is 848.